The third-order valence-corrected chi connectivity index (χ3v) is 3.67. The summed E-state index contributed by atoms with van der Waals surface area (Å²) in [4.78, 5) is 47.1. The second-order valence-corrected chi connectivity index (χ2v) is 6.05. The number of ether oxygens (including phenoxy) is 4. The van der Waals surface area contributed by atoms with E-state index in [1.54, 1.807) is 27.7 Å². The first-order valence-corrected chi connectivity index (χ1v) is 9.05. The zero-order valence-electron chi connectivity index (χ0n) is 16.8. The highest BCUT2D eigenvalue weighted by Gasteiger charge is 2.30. The predicted molar refractivity (Wildman–Crippen MR) is 96.6 cm³/mol. The molecule has 0 aliphatic heterocycles. The fourth-order valence-electron chi connectivity index (χ4n) is 2.29. The van der Waals surface area contributed by atoms with Crippen molar-refractivity contribution in [2.75, 3.05) is 26.4 Å². The van der Waals surface area contributed by atoms with Crippen LogP contribution >= 0.6 is 0 Å². The SMILES string of the molecule is CCOC(=O)CCC(C)(C=C(C(=O)OCC)C(=O)OCC)CCOC(C)=O. The van der Waals surface area contributed by atoms with Gasteiger partial charge < -0.3 is 18.9 Å². The second kappa shape index (κ2) is 12.9. The molecule has 1 atom stereocenters. The van der Waals surface area contributed by atoms with Crippen molar-refractivity contribution in [2.24, 2.45) is 5.41 Å². The molecule has 0 N–H and O–H groups in total. The summed E-state index contributed by atoms with van der Waals surface area (Å²) in [5, 5.41) is 0. The van der Waals surface area contributed by atoms with Gasteiger partial charge in [-0.15, -0.1) is 0 Å². The number of carbonyl (C=O) groups excluding carboxylic acids is 4. The fraction of sp³-hybridized carbons (Fsp3) is 0.684. The number of allylic oxidation sites excluding steroid dienone is 1. The molecule has 0 aromatic carbocycles. The Kier molecular flexibility index (Phi) is 11.8. The first-order chi connectivity index (χ1) is 12.7. The minimum Gasteiger partial charge on any atom is -0.466 e. The average molecular weight is 386 g/mol. The van der Waals surface area contributed by atoms with Crippen LogP contribution in [0.1, 0.15) is 53.9 Å². The van der Waals surface area contributed by atoms with E-state index >= 15 is 0 Å². The molecule has 154 valence electrons. The van der Waals surface area contributed by atoms with Gasteiger partial charge in [0.25, 0.3) is 0 Å². The van der Waals surface area contributed by atoms with Crippen molar-refractivity contribution in [3.05, 3.63) is 11.6 Å². The quantitative estimate of drug-likeness (QED) is 0.165. The van der Waals surface area contributed by atoms with Crippen molar-refractivity contribution in [3.8, 4) is 0 Å². The van der Waals surface area contributed by atoms with Gasteiger partial charge in [0.1, 0.15) is 5.57 Å². The molecular formula is C19H30O8. The molecule has 0 rings (SSSR count). The van der Waals surface area contributed by atoms with Crippen LogP contribution in [0.2, 0.25) is 0 Å². The van der Waals surface area contributed by atoms with Crippen molar-refractivity contribution in [3.63, 3.8) is 0 Å². The molecule has 27 heavy (non-hydrogen) atoms. The lowest BCUT2D eigenvalue weighted by Gasteiger charge is -2.26. The molecule has 0 saturated carbocycles. The maximum absolute atomic E-state index is 12.2. The summed E-state index contributed by atoms with van der Waals surface area (Å²) in [7, 11) is 0. The molecule has 0 spiro atoms. The first-order valence-electron chi connectivity index (χ1n) is 9.05. The molecule has 0 aromatic heterocycles. The molecule has 1 unspecified atom stereocenters. The van der Waals surface area contributed by atoms with Gasteiger partial charge in [-0.05, 0) is 39.0 Å². The molecular weight excluding hydrogens is 356 g/mol. The molecule has 0 aliphatic carbocycles. The van der Waals surface area contributed by atoms with Crippen LogP contribution in [0.25, 0.3) is 0 Å². The van der Waals surface area contributed by atoms with E-state index in [1.165, 1.54) is 13.0 Å². The Morgan fingerprint density at radius 2 is 1.33 bits per heavy atom. The maximum Gasteiger partial charge on any atom is 0.345 e. The lowest BCUT2D eigenvalue weighted by atomic mass is 9.80. The summed E-state index contributed by atoms with van der Waals surface area (Å²) >= 11 is 0. The van der Waals surface area contributed by atoms with Crippen LogP contribution in [0.4, 0.5) is 0 Å². The third kappa shape index (κ3) is 10.4. The molecule has 0 saturated heterocycles. The Morgan fingerprint density at radius 3 is 1.78 bits per heavy atom. The van der Waals surface area contributed by atoms with Gasteiger partial charge in [0.05, 0.1) is 26.4 Å². The lowest BCUT2D eigenvalue weighted by molar-refractivity contribution is -0.147. The van der Waals surface area contributed by atoms with Crippen molar-refractivity contribution in [1.29, 1.82) is 0 Å². The van der Waals surface area contributed by atoms with Gasteiger partial charge in [-0.3, -0.25) is 9.59 Å². The first kappa shape index (κ1) is 24.6. The van der Waals surface area contributed by atoms with Crippen molar-refractivity contribution < 1.29 is 38.1 Å². The van der Waals surface area contributed by atoms with Gasteiger partial charge in [-0.1, -0.05) is 13.0 Å². The third-order valence-electron chi connectivity index (χ3n) is 3.67. The Labute approximate surface area is 160 Å². The standard InChI is InChI=1S/C19H30O8/c1-6-24-16(21)9-10-19(5,11-12-27-14(4)20)13-15(17(22)25-7-2)18(23)26-8-3/h13H,6-12H2,1-5H3. The normalized spacial score (nSPS) is 12.3. The van der Waals surface area contributed by atoms with Gasteiger partial charge in [0.2, 0.25) is 0 Å². The van der Waals surface area contributed by atoms with Crippen molar-refractivity contribution in [1.82, 2.24) is 0 Å². The van der Waals surface area contributed by atoms with Crippen LogP contribution in [0.15, 0.2) is 11.6 Å². The van der Waals surface area contributed by atoms with Crippen molar-refractivity contribution in [2.45, 2.75) is 53.9 Å². The van der Waals surface area contributed by atoms with Gasteiger partial charge in [0.15, 0.2) is 0 Å². The van der Waals surface area contributed by atoms with E-state index in [0.717, 1.165) is 0 Å². The second-order valence-electron chi connectivity index (χ2n) is 6.05. The molecule has 0 aliphatic rings. The van der Waals surface area contributed by atoms with E-state index in [0.29, 0.717) is 6.42 Å². The number of carbonyl (C=O) groups is 4. The smallest absolute Gasteiger partial charge is 0.345 e. The van der Waals surface area contributed by atoms with E-state index in [2.05, 4.69) is 0 Å². The highest BCUT2D eigenvalue weighted by molar-refractivity contribution is 6.14. The van der Waals surface area contributed by atoms with E-state index in [1.807, 2.05) is 0 Å². The van der Waals surface area contributed by atoms with Gasteiger partial charge in [-0.25, -0.2) is 9.59 Å². The minimum atomic E-state index is -0.800. The summed E-state index contributed by atoms with van der Waals surface area (Å²) in [6.45, 7) is 8.54. The molecule has 0 radical (unpaired) electrons. The van der Waals surface area contributed by atoms with Crippen molar-refractivity contribution >= 4 is 23.9 Å². The molecule has 0 bridgehead atoms. The van der Waals surface area contributed by atoms with Crippen LogP contribution < -0.4 is 0 Å². The van der Waals surface area contributed by atoms with Crippen LogP contribution in [0, 0.1) is 5.41 Å². The average Bonchev–Trinajstić information content (AvgIpc) is 2.58. The highest BCUT2D eigenvalue weighted by Crippen LogP contribution is 2.32. The fourth-order valence-corrected chi connectivity index (χ4v) is 2.29. The molecule has 0 heterocycles. The van der Waals surface area contributed by atoms with Crippen LogP contribution in [-0.4, -0.2) is 50.3 Å². The van der Waals surface area contributed by atoms with E-state index in [4.69, 9.17) is 18.9 Å². The summed E-state index contributed by atoms with van der Waals surface area (Å²) in [5.74, 6) is -2.43. The summed E-state index contributed by atoms with van der Waals surface area (Å²) in [5.41, 5.74) is -1.04. The molecule has 0 fully saturated rings. The molecule has 8 heteroatoms. The monoisotopic (exact) mass is 386 g/mol. The van der Waals surface area contributed by atoms with Gasteiger partial charge >= 0.3 is 23.9 Å². The Balaban J connectivity index is 5.60. The molecule has 0 amide bonds. The summed E-state index contributed by atoms with van der Waals surface area (Å²) in [6, 6.07) is 0. The maximum atomic E-state index is 12.2. The molecule has 8 nitrogen and oxygen atoms in total. The summed E-state index contributed by atoms with van der Waals surface area (Å²) < 4.78 is 19.8. The molecule has 0 aromatic rings. The van der Waals surface area contributed by atoms with Gasteiger partial charge in [-0.2, -0.15) is 0 Å². The van der Waals surface area contributed by atoms with Crippen LogP contribution in [0.3, 0.4) is 0 Å². The minimum absolute atomic E-state index is 0.0735. The number of esters is 4. The summed E-state index contributed by atoms with van der Waals surface area (Å²) in [6.07, 6.45) is 2.11. The largest absolute Gasteiger partial charge is 0.466 e. The highest BCUT2D eigenvalue weighted by atomic mass is 16.6. The van der Waals surface area contributed by atoms with E-state index < -0.39 is 29.3 Å². The number of hydrogen-bond donors (Lipinski definition) is 0. The van der Waals surface area contributed by atoms with E-state index in [9.17, 15) is 19.2 Å². The topological polar surface area (TPSA) is 105 Å². The van der Waals surface area contributed by atoms with Crippen LogP contribution in [-0.2, 0) is 38.1 Å². The number of rotatable bonds is 12. The Bertz CT molecular complexity index is 532. The van der Waals surface area contributed by atoms with Crippen LogP contribution in [0.5, 0.6) is 0 Å². The zero-order chi connectivity index (χ0) is 20.9. The van der Waals surface area contributed by atoms with E-state index in [-0.39, 0.29) is 44.8 Å². The Hall–Kier alpha value is -2.38. The lowest BCUT2D eigenvalue weighted by Crippen LogP contribution is -2.25. The van der Waals surface area contributed by atoms with Gasteiger partial charge in [0, 0.05) is 13.3 Å². The zero-order valence-corrected chi connectivity index (χ0v) is 16.8. The number of hydrogen-bond acceptors (Lipinski definition) is 8. The predicted octanol–water partition coefficient (Wildman–Crippen LogP) is 2.34. The Morgan fingerprint density at radius 1 is 0.815 bits per heavy atom.